The lowest BCUT2D eigenvalue weighted by atomic mass is 10.1. The fourth-order valence-corrected chi connectivity index (χ4v) is 5.21. The van der Waals surface area contributed by atoms with Crippen LogP contribution in [-0.4, -0.2) is 75.4 Å². The molecule has 1 aromatic rings. The molecule has 0 aliphatic carbocycles. The highest BCUT2D eigenvalue weighted by Gasteiger charge is 2.34. The van der Waals surface area contributed by atoms with Crippen molar-refractivity contribution in [3.63, 3.8) is 0 Å². The Morgan fingerprint density at radius 1 is 1.13 bits per heavy atom. The fraction of sp³-hybridized carbons (Fsp3) is 0.476. The molecule has 1 saturated heterocycles. The molecule has 2 amide bonds. The van der Waals surface area contributed by atoms with Gasteiger partial charge in [-0.15, -0.1) is 4.40 Å². The summed E-state index contributed by atoms with van der Waals surface area (Å²) >= 11 is 0. The van der Waals surface area contributed by atoms with Crippen molar-refractivity contribution < 1.29 is 22.7 Å². The molecule has 9 nitrogen and oxygen atoms in total. The Bertz CT molecular complexity index is 988. The third-order valence-electron chi connectivity index (χ3n) is 5.17. The quantitative estimate of drug-likeness (QED) is 0.689. The first-order chi connectivity index (χ1) is 14.8. The van der Waals surface area contributed by atoms with Gasteiger partial charge in [0.2, 0.25) is 0 Å². The number of nitrogens with one attached hydrogen (secondary N) is 1. The summed E-state index contributed by atoms with van der Waals surface area (Å²) in [5, 5.41) is 2.74. The first-order valence-electron chi connectivity index (χ1n) is 10.4. The second kappa shape index (κ2) is 9.95. The van der Waals surface area contributed by atoms with Gasteiger partial charge in [-0.1, -0.05) is 30.3 Å². The van der Waals surface area contributed by atoms with Gasteiger partial charge in [-0.3, -0.25) is 4.79 Å². The van der Waals surface area contributed by atoms with Gasteiger partial charge in [0.05, 0.1) is 13.0 Å². The summed E-state index contributed by atoms with van der Waals surface area (Å²) in [6.45, 7) is 6.07. The highest BCUT2D eigenvalue weighted by atomic mass is 32.2. The number of carbonyl (C=O) groups is 2. The van der Waals surface area contributed by atoms with Crippen LogP contribution >= 0.6 is 0 Å². The summed E-state index contributed by atoms with van der Waals surface area (Å²) in [4.78, 5) is 27.7. The average Bonchev–Trinajstić information content (AvgIpc) is 2.89. The molecule has 0 saturated carbocycles. The summed E-state index contributed by atoms with van der Waals surface area (Å²) in [5.41, 5.74) is 1.25. The normalized spacial score (nSPS) is 18.5. The first kappa shape index (κ1) is 22.8. The van der Waals surface area contributed by atoms with Crippen molar-refractivity contribution in [3.05, 3.63) is 41.5 Å². The second-order valence-electron chi connectivity index (χ2n) is 7.32. The number of hydrogen-bond acceptors (Lipinski definition) is 6. The standard InChI is InChI=1S/C21H28N4O5S/c1-3-30-18(26)10-11-22-21(27)25-13-7-12-24(14-15-25)20-16(2)19(31(28,29)23-20)17-8-5-4-6-9-17/h4-6,8-9H,3,7,10-15H2,1-2H3,(H,22,27). The zero-order chi connectivity index (χ0) is 22.4. The summed E-state index contributed by atoms with van der Waals surface area (Å²) in [5.74, 6) is 0.102. The number of rotatable bonds is 5. The first-order valence-corrected chi connectivity index (χ1v) is 11.8. The van der Waals surface area contributed by atoms with E-state index in [9.17, 15) is 18.0 Å². The molecule has 31 heavy (non-hydrogen) atoms. The van der Waals surface area contributed by atoms with Crippen molar-refractivity contribution in [2.24, 2.45) is 4.40 Å². The summed E-state index contributed by atoms with van der Waals surface area (Å²) in [6, 6.07) is 8.72. The third kappa shape index (κ3) is 5.43. The number of amidine groups is 1. The zero-order valence-corrected chi connectivity index (χ0v) is 18.7. The molecule has 1 aromatic carbocycles. The fourth-order valence-electron chi connectivity index (χ4n) is 3.72. The van der Waals surface area contributed by atoms with Crippen molar-refractivity contribution in [1.82, 2.24) is 15.1 Å². The van der Waals surface area contributed by atoms with E-state index in [1.54, 1.807) is 43.0 Å². The molecule has 168 valence electrons. The molecule has 0 unspecified atom stereocenters. The van der Waals surface area contributed by atoms with Gasteiger partial charge in [-0.05, 0) is 25.8 Å². The van der Waals surface area contributed by atoms with E-state index < -0.39 is 10.0 Å². The molecule has 10 heteroatoms. The Morgan fingerprint density at radius 3 is 2.58 bits per heavy atom. The predicted octanol–water partition coefficient (Wildman–Crippen LogP) is 1.83. The van der Waals surface area contributed by atoms with Crippen molar-refractivity contribution in [3.8, 4) is 0 Å². The number of nitrogens with zero attached hydrogens (tertiary/aromatic N) is 3. The van der Waals surface area contributed by atoms with E-state index in [1.165, 1.54) is 0 Å². The van der Waals surface area contributed by atoms with E-state index in [0.29, 0.717) is 56.2 Å². The van der Waals surface area contributed by atoms with Crippen LogP contribution in [0.25, 0.3) is 4.91 Å². The average molecular weight is 449 g/mol. The van der Waals surface area contributed by atoms with Gasteiger partial charge in [0.15, 0.2) is 0 Å². The van der Waals surface area contributed by atoms with Crippen LogP contribution in [0.3, 0.4) is 0 Å². The van der Waals surface area contributed by atoms with Crippen LogP contribution < -0.4 is 5.32 Å². The van der Waals surface area contributed by atoms with E-state index in [-0.39, 0.29) is 29.9 Å². The molecule has 1 N–H and O–H groups in total. The molecule has 0 bridgehead atoms. The SMILES string of the molecule is CCOC(=O)CCNC(=O)N1CCCN(C2=NS(=O)(=O)C(c3ccccc3)=C2C)CC1. The highest BCUT2D eigenvalue weighted by Crippen LogP contribution is 2.33. The second-order valence-corrected chi connectivity index (χ2v) is 8.87. The monoisotopic (exact) mass is 448 g/mol. The molecule has 0 spiro atoms. The number of benzene rings is 1. The molecule has 2 heterocycles. The molecular formula is C21H28N4O5S. The number of urea groups is 1. The molecule has 1 fully saturated rings. The van der Waals surface area contributed by atoms with Crippen LogP contribution in [0.2, 0.25) is 0 Å². The number of ether oxygens (including phenoxy) is 1. The molecule has 0 atom stereocenters. The Morgan fingerprint density at radius 2 is 1.87 bits per heavy atom. The minimum absolute atomic E-state index is 0.125. The van der Waals surface area contributed by atoms with Gasteiger partial charge in [0.25, 0.3) is 10.0 Å². The van der Waals surface area contributed by atoms with E-state index in [2.05, 4.69) is 9.71 Å². The molecule has 0 aromatic heterocycles. The van der Waals surface area contributed by atoms with Crippen molar-refractivity contribution in [2.45, 2.75) is 26.7 Å². The maximum Gasteiger partial charge on any atom is 0.317 e. The van der Waals surface area contributed by atoms with E-state index in [4.69, 9.17) is 4.74 Å². The van der Waals surface area contributed by atoms with Gasteiger partial charge in [0, 0.05) is 38.3 Å². The van der Waals surface area contributed by atoms with Crippen LogP contribution in [0, 0.1) is 0 Å². The Kier molecular flexibility index (Phi) is 7.32. The van der Waals surface area contributed by atoms with Crippen molar-refractivity contribution in [1.29, 1.82) is 0 Å². The topological polar surface area (TPSA) is 108 Å². The smallest absolute Gasteiger partial charge is 0.317 e. The summed E-state index contributed by atoms with van der Waals surface area (Å²) in [7, 11) is -3.77. The van der Waals surface area contributed by atoms with E-state index >= 15 is 0 Å². The highest BCUT2D eigenvalue weighted by molar-refractivity contribution is 8.00. The molecular weight excluding hydrogens is 420 g/mol. The van der Waals surface area contributed by atoms with Crippen LogP contribution in [0.1, 0.15) is 32.3 Å². The maximum atomic E-state index is 12.7. The van der Waals surface area contributed by atoms with Gasteiger partial charge >= 0.3 is 12.0 Å². The summed E-state index contributed by atoms with van der Waals surface area (Å²) < 4.78 is 34.3. The number of sulfonamides is 1. The summed E-state index contributed by atoms with van der Waals surface area (Å²) in [6.07, 6.45) is 0.804. The Hall–Kier alpha value is -2.88. The molecule has 2 aliphatic heterocycles. The van der Waals surface area contributed by atoms with Gasteiger partial charge < -0.3 is 19.9 Å². The van der Waals surface area contributed by atoms with Gasteiger partial charge in [-0.25, -0.2) is 4.79 Å². The van der Waals surface area contributed by atoms with Crippen LogP contribution in [0.15, 0.2) is 40.3 Å². The van der Waals surface area contributed by atoms with Crippen molar-refractivity contribution in [2.75, 3.05) is 39.3 Å². The lowest BCUT2D eigenvalue weighted by Gasteiger charge is -2.24. The van der Waals surface area contributed by atoms with E-state index in [0.717, 1.165) is 0 Å². The Balaban J connectivity index is 1.64. The molecule has 0 radical (unpaired) electrons. The Labute approximate surface area is 182 Å². The minimum atomic E-state index is -3.77. The minimum Gasteiger partial charge on any atom is -0.466 e. The lowest BCUT2D eigenvalue weighted by Crippen LogP contribution is -2.43. The van der Waals surface area contributed by atoms with Gasteiger partial charge in [0.1, 0.15) is 10.7 Å². The van der Waals surface area contributed by atoms with Crippen LogP contribution in [0.4, 0.5) is 4.79 Å². The largest absolute Gasteiger partial charge is 0.466 e. The van der Waals surface area contributed by atoms with Crippen LogP contribution in [-0.2, 0) is 19.6 Å². The lowest BCUT2D eigenvalue weighted by molar-refractivity contribution is -0.142. The number of carbonyl (C=O) groups excluding carboxylic acids is 2. The molecule has 2 aliphatic rings. The maximum absolute atomic E-state index is 12.7. The predicted molar refractivity (Wildman–Crippen MR) is 118 cm³/mol. The zero-order valence-electron chi connectivity index (χ0n) is 17.8. The van der Waals surface area contributed by atoms with Gasteiger partial charge in [-0.2, -0.15) is 8.42 Å². The third-order valence-corrected chi connectivity index (χ3v) is 6.64. The number of amides is 2. The number of esters is 1. The van der Waals surface area contributed by atoms with E-state index in [1.807, 2.05) is 11.0 Å². The van der Waals surface area contributed by atoms with Crippen molar-refractivity contribution >= 4 is 32.8 Å². The number of hydrogen-bond donors (Lipinski definition) is 1. The van der Waals surface area contributed by atoms with Crippen LogP contribution in [0.5, 0.6) is 0 Å². The molecule has 3 rings (SSSR count).